The Hall–Kier alpha value is -0.610. The van der Waals surface area contributed by atoms with E-state index in [1.807, 2.05) is 6.92 Å². The fourth-order valence-corrected chi connectivity index (χ4v) is 1.78. The summed E-state index contributed by atoms with van der Waals surface area (Å²) in [6.07, 6.45) is 1.32. The highest BCUT2D eigenvalue weighted by Gasteiger charge is 2.46. The fourth-order valence-electron chi connectivity index (χ4n) is 1.78. The van der Waals surface area contributed by atoms with Gasteiger partial charge in [0.2, 0.25) is 5.91 Å². The number of carbonyl (C=O) groups is 1. The summed E-state index contributed by atoms with van der Waals surface area (Å²) in [6.45, 7) is 7.27. The minimum absolute atomic E-state index is 0.0290. The lowest BCUT2D eigenvalue weighted by molar-refractivity contribution is -0.125. The Kier molecular flexibility index (Phi) is 4.11. The van der Waals surface area contributed by atoms with Crippen molar-refractivity contribution >= 4 is 5.91 Å². The zero-order valence-corrected chi connectivity index (χ0v) is 9.88. The first-order valence-electron chi connectivity index (χ1n) is 5.61. The number of nitrogens with two attached hydrogens (primary N) is 1. The average Bonchev–Trinajstić information content (AvgIpc) is 2.18. The van der Waals surface area contributed by atoms with Crippen LogP contribution in [-0.4, -0.2) is 31.2 Å². The third-order valence-corrected chi connectivity index (χ3v) is 3.36. The Morgan fingerprint density at radius 1 is 1.60 bits per heavy atom. The van der Waals surface area contributed by atoms with Crippen LogP contribution in [0.25, 0.3) is 0 Å². The molecule has 2 unspecified atom stereocenters. The first-order valence-corrected chi connectivity index (χ1v) is 5.61. The largest absolute Gasteiger partial charge is 0.381 e. The van der Waals surface area contributed by atoms with Crippen LogP contribution in [0.3, 0.4) is 0 Å². The van der Waals surface area contributed by atoms with Crippen LogP contribution in [0.1, 0.15) is 33.6 Å². The van der Waals surface area contributed by atoms with Gasteiger partial charge < -0.3 is 15.8 Å². The second kappa shape index (κ2) is 4.94. The van der Waals surface area contributed by atoms with E-state index in [-0.39, 0.29) is 23.4 Å². The van der Waals surface area contributed by atoms with Gasteiger partial charge in [-0.05, 0) is 13.3 Å². The molecule has 4 heteroatoms. The number of ether oxygens (including phenoxy) is 1. The molecule has 2 atom stereocenters. The normalized spacial score (nSPS) is 28.3. The second-order valence-electron chi connectivity index (χ2n) is 4.73. The minimum atomic E-state index is 0.0290. The van der Waals surface area contributed by atoms with Gasteiger partial charge in [0.05, 0.1) is 6.61 Å². The van der Waals surface area contributed by atoms with Gasteiger partial charge in [0.15, 0.2) is 0 Å². The molecule has 3 N–H and O–H groups in total. The van der Waals surface area contributed by atoms with E-state index >= 15 is 0 Å². The van der Waals surface area contributed by atoms with E-state index < -0.39 is 0 Å². The van der Waals surface area contributed by atoms with Gasteiger partial charge in [0, 0.05) is 30.5 Å². The van der Waals surface area contributed by atoms with Gasteiger partial charge in [-0.2, -0.15) is 0 Å². The summed E-state index contributed by atoms with van der Waals surface area (Å²) in [6, 6.07) is 0.427. The van der Waals surface area contributed by atoms with E-state index in [9.17, 15) is 4.79 Å². The molecule has 0 aromatic rings. The summed E-state index contributed by atoms with van der Waals surface area (Å²) in [4.78, 5) is 11.5. The quantitative estimate of drug-likeness (QED) is 0.661. The monoisotopic (exact) mass is 214 g/mol. The topological polar surface area (TPSA) is 64.3 Å². The third-order valence-electron chi connectivity index (χ3n) is 3.36. The first kappa shape index (κ1) is 12.5. The fraction of sp³-hybridized carbons (Fsp3) is 0.909. The maximum absolute atomic E-state index is 11.5. The Labute approximate surface area is 91.5 Å². The molecule has 4 nitrogen and oxygen atoms in total. The lowest BCUT2D eigenvalue weighted by Gasteiger charge is -2.50. The van der Waals surface area contributed by atoms with Crippen molar-refractivity contribution in [1.29, 1.82) is 0 Å². The molecule has 0 spiro atoms. The van der Waals surface area contributed by atoms with Crippen molar-refractivity contribution in [3.8, 4) is 0 Å². The van der Waals surface area contributed by atoms with Gasteiger partial charge in [-0.25, -0.2) is 0 Å². The Morgan fingerprint density at radius 2 is 2.27 bits per heavy atom. The third kappa shape index (κ3) is 2.92. The van der Waals surface area contributed by atoms with E-state index in [2.05, 4.69) is 19.2 Å². The Balaban J connectivity index is 2.22. The SMILES string of the molecule is CCOCCC(=O)NC1CC(N)C1(C)C. The average molecular weight is 214 g/mol. The van der Waals surface area contributed by atoms with Crippen molar-refractivity contribution in [1.82, 2.24) is 5.32 Å². The molecule has 1 aliphatic rings. The number of hydrogen-bond donors (Lipinski definition) is 2. The van der Waals surface area contributed by atoms with E-state index in [1.54, 1.807) is 0 Å². The van der Waals surface area contributed by atoms with Gasteiger partial charge in [0.25, 0.3) is 0 Å². The van der Waals surface area contributed by atoms with E-state index in [1.165, 1.54) is 0 Å². The minimum Gasteiger partial charge on any atom is -0.381 e. The smallest absolute Gasteiger partial charge is 0.222 e. The highest BCUT2D eigenvalue weighted by Crippen LogP contribution is 2.38. The standard InChI is InChI=1S/C11H22N2O2/c1-4-15-6-5-10(14)13-9-7-8(12)11(9,2)3/h8-9H,4-7,12H2,1-3H3,(H,13,14). The zero-order valence-electron chi connectivity index (χ0n) is 9.88. The van der Waals surface area contributed by atoms with Crippen molar-refractivity contribution in [2.75, 3.05) is 13.2 Å². The summed E-state index contributed by atoms with van der Waals surface area (Å²) in [5.41, 5.74) is 5.90. The summed E-state index contributed by atoms with van der Waals surface area (Å²) in [5, 5.41) is 3.00. The molecule has 1 aliphatic carbocycles. The molecule has 0 saturated heterocycles. The number of amides is 1. The zero-order chi connectivity index (χ0) is 11.5. The molecule has 88 valence electrons. The number of rotatable bonds is 5. The van der Waals surface area contributed by atoms with Crippen LogP contribution in [0.5, 0.6) is 0 Å². The van der Waals surface area contributed by atoms with Crippen molar-refractivity contribution < 1.29 is 9.53 Å². The van der Waals surface area contributed by atoms with Crippen LogP contribution < -0.4 is 11.1 Å². The second-order valence-corrected chi connectivity index (χ2v) is 4.73. The summed E-state index contributed by atoms with van der Waals surface area (Å²) in [5.74, 6) is 0.0634. The number of carbonyl (C=O) groups excluding carboxylic acids is 1. The molecule has 15 heavy (non-hydrogen) atoms. The predicted molar refractivity (Wildman–Crippen MR) is 59.4 cm³/mol. The molecule has 0 aliphatic heterocycles. The van der Waals surface area contributed by atoms with Gasteiger partial charge in [-0.15, -0.1) is 0 Å². The highest BCUT2D eigenvalue weighted by molar-refractivity contribution is 5.76. The molecule has 0 aromatic carbocycles. The van der Waals surface area contributed by atoms with Crippen molar-refractivity contribution in [2.24, 2.45) is 11.1 Å². The van der Waals surface area contributed by atoms with Crippen LogP contribution in [0.2, 0.25) is 0 Å². The summed E-state index contributed by atoms with van der Waals surface area (Å²) in [7, 11) is 0. The Bertz CT molecular complexity index is 229. The molecule has 0 radical (unpaired) electrons. The van der Waals surface area contributed by atoms with Crippen LogP contribution >= 0.6 is 0 Å². The summed E-state index contributed by atoms with van der Waals surface area (Å²) >= 11 is 0. The maximum Gasteiger partial charge on any atom is 0.222 e. The van der Waals surface area contributed by atoms with Crippen molar-refractivity contribution in [3.63, 3.8) is 0 Å². The molecule has 1 rings (SSSR count). The predicted octanol–water partition coefficient (Wildman–Crippen LogP) is 0.655. The lowest BCUT2D eigenvalue weighted by atomic mass is 9.63. The van der Waals surface area contributed by atoms with Gasteiger partial charge >= 0.3 is 0 Å². The van der Waals surface area contributed by atoms with E-state index in [4.69, 9.17) is 10.5 Å². The van der Waals surface area contributed by atoms with E-state index in [0.29, 0.717) is 19.6 Å². The van der Waals surface area contributed by atoms with Crippen LogP contribution in [0.15, 0.2) is 0 Å². The van der Waals surface area contributed by atoms with Gasteiger partial charge in [-0.3, -0.25) is 4.79 Å². The molecule has 0 heterocycles. The molecule has 1 fully saturated rings. The van der Waals surface area contributed by atoms with Crippen LogP contribution in [0.4, 0.5) is 0 Å². The molecule has 1 saturated carbocycles. The first-order chi connectivity index (χ1) is 6.98. The van der Waals surface area contributed by atoms with Crippen LogP contribution in [-0.2, 0) is 9.53 Å². The lowest BCUT2D eigenvalue weighted by Crippen LogP contribution is -2.64. The molecular formula is C11H22N2O2. The van der Waals surface area contributed by atoms with Gasteiger partial charge in [0.1, 0.15) is 0 Å². The maximum atomic E-state index is 11.5. The number of hydrogen-bond acceptors (Lipinski definition) is 3. The summed E-state index contributed by atoms with van der Waals surface area (Å²) < 4.78 is 5.12. The highest BCUT2D eigenvalue weighted by atomic mass is 16.5. The van der Waals surface area contributed by atoms with Crippen LogP contribution in [0, 0.1) is 5.41 Å². The van der Waals surface area contributed by atoms with Gasteiger partial charge in [-0.1, -0.05) is 13.8 Å². The molecule has 1 amide bonds. The van der Waals surface area contributed by atoms with Crippen molar-refractivity contribution in [2.45, 2.75) is 45.7 Å². The molecular weight excluding hydrogens is 192 g/mol. The van der Waals surface area contributed by atoms with E-state index in [0.717, 1.165) is 6.42 Å². The number of nitrogens with one attached hydrogen (secondary N) is 1. The molecule has 0 bridgehead atoms. The Morgan fingerprint density at radius 3 is 2.73 bits per heavy atom. The molecule has 0 aromatic heterocycles. The van der Waals surface area contributed by atoms with Crippen molar-refractivity contribution in [3.05, 3.63) is 0 Å².